The molecule has 2 aromatic rings. The third kappa shape index (κ3) is 3.26. The Bertz CT molecular complexity index is 850. The smallest absolute Gasteiger partial charge is 0.231 e. The molecule has 1 unspecified atom stereocenters. The van der Waals surface area contributed by atoms with Gasteiger partial charge in [0.05, 0.1) is 11.6 Å². The van der Waals surface area contributed by atoms with Crippen LogP contribution in [0.15, 0.2) is 18.2 Å². The molecule has 1 N–H and O–H groups in total. The minimum atomic E-state index is -0.330. The second-order valence-corrected chi connectivity index (χ2v) is 8.36. The van der Waals surface area contributed by atoms with E-state index in [0.717, 1.165) is 35.3 Å². The van der Waals surface area contributed by atoms with Crippen molar-refractivity contribution >= 4 is 34.0 Å². The van der Waals surface area contributed by atoms with Crippen LogP contribution in [0.25, 0.3) is 0 Å². The van der Waals surface area contributed by atoms with Crippen molar-refractivity contribution in [1.82, 2.24) is 4.98 Å². The van der Waals surface area contributed by atoms with Crippen LogP contribution < -0.4 is 10.2 Å². The van der Waals surface area contributed by atoms with Gasteiger partial charge in [-0.2, -0.15) is 0 Å². The molecule has 4 rings (SSSR count). The molecule has 0 bridgehead atoms. The van der Waals surface area contributed by atoms with Gasteiger partial charge in [0.25, 0.3) is 0 Å². The molecule has 1 aliphatic carbocycles. The van der Waals surface area contributed by atoms with E-state index in [2.05, 4.69) is 10.3 Å². The number of thiazole rings is 1. The maximum Gasteiger partial charge on any atom is 0.231 e. The van der Waals surface area contributed by atoms with E-state index < -0.39 is 0 Å². The summed E-state index contributed by atoms with van der Waals surface area (Å²) in [7, 11) is 0. The highest BCUT2D eigenvalue weighted by atomic mass is 32.1. The molecule has 1 aliphatic heterocycles. The molecule has 5 nitrogen and oxygen atoms in total. The number of hydrogen-bond acceptors (Lipinski definition) is 4. The van der Waals surface area contributed by atoms with E-state index in [1.54, 1.807) is 16.2 Å². The van der Waals surface area contributed by atoms with Crippen LogP contribution in [0.2, 0.25) is 0 Å². The van der Waals surface area contributed by atoms with Crippen molar-refractivity contribution in [3.8, 4) is 0 Å². The van der Waals surface area contributed by atoms with Crippen molar-refractivity contribution in [1.29, 1.82) is 0 Å². The Balaban J connectivity index is 1.47. The first-order valence-corrected chi connectivity index (χ1v) is 10.00. The summed E-state index contributed by atoms with van der Waals surface area (Å²) >= 11 is 1.58. The van der Waals surface area contributed by atoms with Crippen LogP contribution in [0.5, 0.6) is 0 Å². The van der Waals surface area contributed by atoms with E-state index in [9.17, 15) is 9.59 Å². The Labute approximate surface area is 157 Å². The Hall–Kier alpha value is -2.21. The summed E-state index contributed by atoms with van der Waals surface area (Å²) < 4.78 is 0. The van der Waals surface area contributed by atoms with Crippen LogP contribution in [0, 0.1) is 19.8 Å². The lowest BCUT2D eigenvalue weighted by Gasteiger charge is -2.19. The van der Waals surface area contributed by atoms with Crippen LogP contribution in [-0.4, -0.2) is 23.3 Å². The molecule has 1 aromatic heterocycles. The predicted octanol–water partition coefficient (Wildman–Crippen LogP) is 3.63. The molecule has 1 saturated heterocycles. The van der Waals surface area contributed by atoms with Gasteiger partial charge >= 0.3 is 0 Å². The summed E-state index contributed by atoms with van der Waals surface area (Å²) in [5.41, 5.74) is 4.21. The number of hydrogen-bond donors (Lipinski definition) is 1. The first-order chi connectivity index (χ1) is 12.5. The highest BCUT2D eigenvalue weighted by Crippen LogP contribution is 2.32. The summed E-state index contributed by atoms with van der Waals surface area (Å²) in [5.74, 6) is -0.419. The number of amides is 2. The normalized spacial score (nSPS) is 19.5. The zero-order valence-corrected chi connectivity index (χ0v) is 16.0. The van der Waals surface area contributed by atoms with Crippen LogP contribution in [0.1, 0.15) is 41.0 Å². The average molecular weight is 369 g/mol. The number of carbonyl (C=O) groups excluding carboxylic acids is 2. The van der Waals surface area contributed by atoms with Gasteiger partial charge in [0.15, 0.2) is 5.13 Å². The number of nitrogens with one attached hydrogen (secondary N) is 1. The number of nitrogens with zero attached hydrogens (tertiary/aromatic N) is 2. The average Bonchev–Trinajstić information content (AvgIpc) is 3.20. The Morgan fingerprint density at radius 2 is 2.08 bits per heavy atom. The third-order valence-electron chi connectivity index (χ3n) is 5.23. The quantitative estimate of drug-likeness (QED) is 0.899. The molecule has 0 radical (unpaired) electrons. The second-order valence-electron chi connectivity index (χ2n) is 7.28. The van der Waals surface area contributed by atoms with Gasteiger partial charge in [-0.1, -0.05) is 12.1 Å². The third-order valence-corrected chi connectivity index (χ3v) is 6.30. The molecule has 2 heterocycles. The van der Waals surface area contributed by atoms with Gasteiger partial charge in [-0.15, -0.1) is 11.3 Å². The van der Waals surface area contributed by atoms with Gasteiger partial charge in [-0.3, -0.25) is 9.59 Å². The molecule has 2 aliphatic rings. The highest BCUT2D eigenvalue weighted by molar-refractivity contribution is 7.15. The second kappa shape index (κ2) is 6.83. The lowest BCUT2D eigenvalue weighted by molar-refractivity contribution is -0.122. The van der Waals surface area contributed by atoms with E-state index >= 15 is 0 Å². The first kappa shape index (κ1) is 17.2. The zero-order chi connectivity index (χ0) is 18.3. The Morgan fingerprint density at radius 1 is 1.27 bits per heavy atom. The molecule has 1 aromatic carbocycles. The van der Waals surface area contributed by atoms with Gasteiger partial charge in [0.1, 0.15) is 0 Å². The Kier molecular flexibility index (Phi) is 4.53. The molecule has 6 heteroatoms. The molecule has 0 saturated carbocycles. The number of aryl methyl sites for hydroxylation is 4. The number of anilines is 2. The minimum absolute atomic E-state index is 0.0114. The van der Waals surface area contributed by atoms with Crippen LogP contribution in [-0.2, 0) is 22.4 Å². The zero-order valence-electron chi connectivity index (χ0n) is 15.2. The van der Waals surface area contributed by atoms with Gasteiger partial charge in [-0.05, 0) is 56.7 Å². The number of carbonyl (C=O) groups is 2. The molecule has 26 heavy (non-hydrogen) atoms. The summed E-state index contributed by atoms with van der Waals surface area (Å²) in [6.45, 7) is 4.44. The van der Waals surface area contributed by atoms with E-state index in [0.29, 0.717) is 11.7 Å². The van der Waals surface area contributed by atoms with Crippen LogP contribution >= 0.6 is 11.3 Å². The van der Waals surface area contributed by atoms with Crippen molar-refractivity contribution in [2.45, 2.75) is 46.0 Å². The van der Waals surface area contributed by atoms with E-state index in [1.165, 1.54) is 17.7 Å². The summed E-state index contributed by atoms with van der Waals surface area (Å²) in [6, 6.07) is 6.07. The molecule has 1 fully saturated rings. The monoisotopic (exact) mass is 369 g/mol. The van der Waals surface area contributed by atoms with Crippen molar-refractivity contribution in [2.24, 2.45) is 5.92 Å². The van der Waals surface area contributed by atoms with Crippen molar-refractivity contribution < 1.29 is 9.59 Å². The van der Waals surface area contributed by atoms with Gasteiger partial charge in [-0.25, -0.2) is 4.98 Å². The SMILES string of the molecule is Cc1ccc(C)c(N2CC(C(=O)Nc3nc4c(s3)CCCC4)CC2=O)c1. The minimum Gasteiger partial charge on any atom is -0.311 e. The fraction of sp³-hybridized carbons (Fsp3) is 0.450. The van der Waals surface area contributed by atoms with Crippen molar-refractivity contribution in [3.63, 3.8) is 0 Å². The first-order valence-electron chi connectivity index (χ1n) is 9.18. The van der Waals surface area contributed by atoms with E-state index in [4.69, 9.17) is 0 Å². The molecule has 1 atom stereocenters. The topological polar surface area (TPSA) is 62.3 Å². The predicted molar refractivity (Wildman–Crippen MR) is 104 cm³/mol. The highest BCUT2D eigenvalue weighted by Gasteiger charge is 2.36. The van der Waals surface area contributed by atoms with Crippen molar-refractivity contribution in [2.75, 3.05) is 16.8 Å². The standard InChI is InChI=1S/C20H23N3O2S/c1-12-7-8-13(2)16(9-12)23-11-14(10-18(23)24)19(25)22-20-21-15-5-3-4-6-17(15)26-20/h7-9,14H,3-6,10-11H2,1-2H3,(H,21,22,25). The maximum atomic E-state index is 12.7. The lowest BCUT2D eigenvalue weighted by atomic mass is 10.0. The molecular weight excluding hydrogens is 346 g/mol. The molecular formula is C20H23N3O2S. The van der Waals surface area contributed by atoms with E-state index in [-0.39, 0.29) is 24.2 Å². The molecule has 2 amide bonds. The van der Waals surface area contributed by atoms with Gasteiger partial charge in [0.2, 0.25) is 11.8 Å². The summed E-state index contributed by atoms with van der Waals surface area (Å²) in [5, 5.41) is 3.63. The Morgan fingerprint density at radius 3 is 2.88 bits per heavy atom. The van der Waals surface area contributed by atoms with Crippen LogP contribution in [0.3, 0.4) is 0 Å². The number of aromatic nitrogens is 1. The number of benzene rings is 1. The van der Waals surface area contributed by atoms with Crippen LogP contribution in [0.4, 0.5) is 10.8 Å². The fourth-order valence-corrected chi connectivity index (χ4v) is 4.79. The largest absolute Gasteiger partial charge is 0.311 e. The maximum absolute atomic E-state index is 12.7. The molecule has 136 valence electrons. The number of fused-ring (bicyclic) bond motifs is 1. The lowest BCUT2D eigenvalue weighted by Crippen LogP contribution is -2.28. The van der Waals surface area contributed by atoms with Gasteiger partial charge in [0, 0.05) is 23.5 Å². The van der Waals surface area contributed by atoms with Crippen molar-refractivity contribution in [3.05, 3.63) is 39.9 Å². The van der Waals surface area contributed by atoms with Gasteiger partial charge < -0.3 is 10.2 Å². The summed E-state index contributed by atoms with van der Waals surface area (Å²) in [4.78, 5) is 32.8. The number of rotatable bonds is 3. The summed E-state index contributed by atoms with van der Waals surface area (Å²) in [6.07, 6.45) is 4.69. The molecule has 0 spiro atoms. The fourth-order valence-electron chi connectivity index (χ4n) is 3.74. The van der Waals surface area contributed by atoms with E-state index in [1.807, 2.05) is 32.0 Å².